The number of amides is 1. The molecular weight excluding hydrogens is 262 g/mol. The molecule has 1 amide bonds. The molecule has 0 aliphatic carbocycles. The first-order chi connectivity index (χ1) is 10.1. The second-order valence-electron chi connectivity index (χ2n) is 5.96. The molecule has 2 heterocycles. The molecule has 0 atom stereocenters. The lowest BCUT2D eigenvalue weighted by atomic mass is 9.74. The van der Waals surface area contributed by atoms with Gasteiger partial charge in [0.2, 0.25) is 0 Å². The normalized spacial score (nSPS) is 17.6. The molecule has 1 aliphatic heterocycles. The molecule has 1 fully saturated rings. The van der Waals surface area contributed by atoms with Gasteiger partial charge in [0.15, 0.2) is 0 Å². The van der Waals surface area contributed by atoms with Gasteiger partial charge >= 0.3 is 0 Å². The molecule has 0 aromatic carbocycles. The summed E-state index contributed by atoms with van der Waals surface area (Å²) in [4.78, 5) is 18.8. The van der Waals surface area contributed by atoms with Crippen LogP contribution in [-0.2, 0) is 0 Å². The van der Waals surface area contributed by atoms with E-state index in [0.717, 1.165) is 38.3 Å². The summed E-state index contributed by atoms with van der Waals surface area (Å²) >= 11 is 0. The number of aromatic nitrogens is 1. The summed E-state index contributed by atoms with van der Waals surface area (Å²) in [6.45, 7) is 9.14. The van der Waals surface area contributed by atoms with E-state index in [1.165, 1.54) is 12.8 Å². The van der Waals surface area contributed by atoms with E-state index in [9.17, 15) is 4.79 Å². The largest absolute Gasteiger partial charge is 0.370 e. The predicted molar refractivity (Wildman–Crippen MR) is 86.6 cm³/mol. The maximum Gasteiger partial charge on any atom is 0.255 e. The molecule has 0 unspecified atom stereocenters. The molecule has 0 radical (unpaired) electrons. The topological polar surface area (TPSA) is 45.2 Å². The van der Waals surface area contributed by atoms with E-state index in [2.05, 4.69) is 24.1 Å². The zero-order valence-corrected chi connectivity index (χ0v) is 13.5. The Labute approximate surface area is 127 Å². The smallest absolute Gasteiger partial charge is 0.255 e. The lowest BCUT2D eigenvalue weighted by Gasteiger charge is -2.41. The minimum Gasteiger partial charge on any atom is -0.370 e. The maximum absolute atomic E-state index is 12.5. The van der Waals surface area contributed by atoms with Crippen LogP contribution in [0.3, 0.4) is 0 Å². The Balaban J connectivity index is 1.98. The Morgan fingerprint density at radius 1 is 1.24 bits per heavy atom. The Kier molecular flexibility index (Phi) is 5.21. The highest BCUT2D eigenvalue weighted by Crippen LogP contribution is 2.38. The fourth-order valence-electron chi connectivity index (χ4n) is 3.13. The maximum atomic E-state index is 12.5. The Morgan fingerprint density at radius 3 is 2.38 bits per heavy atom. The SMILES string of the molecule is CCNc1ccc(C(=O)N2CCC(CC)(CC)CC2)cn1. The van der Waals surface area contributed by atoms with Crippen molar-refractivity contribution in [1.29, 1.82) is 0 Å². The zero-order chi connectivity index (χ0) is 15.3. The van der Waals surface area contributed by atoms with Gasteiger partial charge in [0.25, 0.3) is 5.91 Å². The summed E-state index contributed by atoms with van der Waals surface area (Å²) in [5, 5.41) is 3.14. The number of likely N-dealkylation sites (tertiary alicyclic amines) is 1. The van der Waals surface area contributed by atoms with E-state index >= 15 is 0 Å². The van der Waals surface area contributed by atoms with Crippen molar-refractivity contribution in [3.8, 4) is 0 Å². The monoisotopic (exact) mass is 289 g/mol. The molecule has 0 bridgehead atoms. The van der Waals surface area contributed by atoms with Crippen LogP contribution in [0.25, 0.3) is 0 Å². The molecule has 1 N–H and O–H groups in total. The lowest BCUT2D eigenvalue weighted by Crippen LogP contribution is -2.42. The van der Waals surface area contributed by atoms with Gasteiger partial charge in [0.1, 0.15) is 5.82 Å². The van der Waals surface area contributed by atoms with Crippen LogP contribution in [0.15, 0.2) is 18.3 Å². The third-order valence-corrected chi connectivity index (χ3v) is 4.98. The molecule has 0 spiro atoms. The number of hydrogen-bond acceptors (Lipinski definition) is 3. The summed E-state index contributed by atoms with van der Waals surface area (Å²) in [6, 6.07) is 3.75. The molecule has 116 valence electrons. The van der Waals surface area contributed by atoms with Gasteiger partial charge in [0, 0.05) is 25.8 Å². The minimum atomic E-state index is 0.117. The fraction of sp³-hybridized carbons (Fsp3) is 0.647. The quantitative estimate of drug-likeness (QED) is 0.901. The molecule has 21 heavy (non-hydrogen) atoms. The first-order valence-electron chi connectivity index (χ1n) is 8.13. The number of rotatable bonds is 5. The molecular formula is C17H27N3O. The molecule has 1 aliphatic rings. The van der Waals surface area contributed by atoms with E-state index in [-0.39, 0.29) is 5.91 Å². The minimum absolute atomic E-state index is 0.117. The van der Waals surface area contributed by atoms with Crippen LogP contribution >= 0.6 is 0 Å². The first-order valence-corrected chi connectivity index (χ1v) is 8.13. The van der Waals surface area contributed by atoms with Gasteiger partial charge in [-0.25, -0.2) is 4.98 Å². The van der Waals surface area contributed by atoms with E-state index in [1.54, 1.807) is 6.20 Å². The van der Waals surface area contributed by atoms with Crippen molar-refractivity contribution in [1.82, 2.24) is 9.88 Å². The molecule has 4 nitrogen and oxygen atoms in total. The van der Waals surface area contributed by atoms with Gasteiger partial charge < -0.3 is 10.2 Å². The molecule has 0 saturated carbocycles. The number of carbonyl (C=O) groups is 1. The second kappa shape index (κ2) is 6.92. The summed E-state index contributed by atoms with van der Waals surface area (Å²) < 4.78 is 0. The van der Waals surface area contributed by atoms with Crippen LogP contribution in [0, 0.1) is 5.41 Å². The number of carbonyl (C=O) groups excluding carboxylic acids is 1. The molecule has 2 rings (SSSR count). The predicted octanol–water partition coefficient (Wildman–Crippen LogP) is 3.56. The number of piperidine rings is 1. The van der Waals surface area contributed by atoms with Gasteiger partial charge in [-0.1, -0.05) is 26.7 Å². The van der Waals surface area contributed by atoms with Crippen molar-refractivity contribution in [3.05, 3.63) is 23.9 Å². The lowest BCUT2D eigenvalue weighted by molar-refractivity contribution is 0.0557. The third-order valence-electron chi connectivity index (χ3n) is 4.98. The van der Waals surface area contributed by atoms with Gasteiger partial charge in [-0.05, 0) is 37.3 Å². The van der Waals surface area contributed by atoms with Crippen molar-refractivity contribution in [3.63, 3.8) is 0 Å². The highest BCUT2D eigenvalue weighted by atomic mass is 16.2. The highest BCUT2D eigenvalue weighted by Gasteiger charge is 2.33. The number of hydrogen-bond donors (Lipinski definition) is 1. The van der Waals surface area contributed by atoms with Gasteiger partial charge in [-0.2, -0.15) is 0 Å². The average Bonchev–Trinajstić information content (AvgIpc) is 2.55. The third kappa shape index (κ3) is 3.55. The van der Waals surface area contributed by atoms with Crippen molar-refractivity contribution in [2.75, 3.05) is 25.0 Å². The standard InChI is InChI=1S/C17H27N3O/c1-4-17(5-2)9-11-20(12-10-17)16(21)14-7-8-15(18-6-3)19-13-14/h7-8,13H,4-6,9-12H2,1-3H3,(H,18,19). The number of nitrogens with zero attached hydrogens (tertiary/aromatic N) is 2. The first kappa shape index (κ1) is 15.8. The van der Waals surface area contributed by atoms with E-state index in [0.29, 0.717) is 11.0 Å². The van der Waals surface area contributed by atoms with Crippen molar-refractivity contribution in [2.45, 2.75) is 46.5 Å². The van der Waals surface area contributed by atoms with Gasteiger partial charge in [-0.3, -0.25) is 4.79 Å². The summed E-state index contributed by atoms with van der Waals surface area (Å²) in [5.41, 5.74) is 1.14. The molecule has 4 heteroatoms. The summed E-state index contributed by atoms with van der Waals surface area (Å²) in [7, 11) is 0. The Morgan fingerprint density at radius 2 is 1.90 bits per heavy atom. The summed E-state index contributed by atoms with van der Waals surface area (Å²) in [5.74, 6) is 0.940. The second-order valence-corrected chi connectivity index (χ2v) is 5.96. The highest BCUT2D eigenvalue weighted by molar-refractivity contribution is 5.94. The van der Waals surface area contributed by atoms with Crippen LogP contribution in [0.2, 0.25) is 0 Å². The molecule has 1 aromatic rings. The average molecular weight is 289 g/mol. The Bertz CT molecular complexity index is 455. The molecule has 1 saturated heterocycles. The van der Waals surface area contributed by atoms with Crippen LogP contribution in [0.4, 0.5) is 5.82 Å². The van der Waals surface area contributed by atoms with Gasteiger partial charge in [-0.15, -0.1) is 0 Å². The van der Waals surface area contributed by atoms with E-state index in [1.807, 2.05) is 24.0 Å². The van der Waals surface area contributed by atoms with Crippen LogP contribution < -0.4 is 5.32 Å². The number of anilines is 1. The van der Waals surface area contributed by atoms with Gasteiger partial charge in [0.05, 0.1) is 5.56 Å². The van der Waals surface area contributed by atoms with Crippen LogP contribution in [0.5, 0.6) is 0 Å². The van der Waals surface area contributed by atoms with Crippen molar-refractivity contribution in [2.24, 2.45) is 5.41 Å². The zero-order valence-electron chi connectivity index (χ0n) is 13.5. The van der Waals surface area contributed by atoms with Crippen molar-refractivity contribution < 1.29 is 4.79 Å². The van der Waals surface area contributed by atoms with E-state index in [4.69, 9.17) is 0 Å². The fourth-order valence-corrected chi connectivity index (χ4v) is 3.13. The van der Waals surface area contributed by atoms with Crippen LogP contribution in [-0.4, -0.2) is 35.4 Å². The summed E-state index contributed by atoms with van der Waals surface area (Å²) in [6.07, 6.45) is 6.35. The van der Waals surface area contributed by atoms with Crippen LogP contribution in [0.1, 0.15) is 56.8 Å². The Hall–Kier alpha value is -1.58. The number of pyridine rings is 1. The van der Waals surface area contributed by atoms with Crippen molar-refractivity contribution >= 4 is 11.7 Å². The van der Waals surface area contributed by atoms with E-state index < -0.39 is 0 Å². The number of nitrogens with one attached hydrogen (secondary N) is 1. The molecule has 1 aromatic heterocycles.